The maximum absolute atomic E-state index is 11.9. The zero-order chi connectivity index (χ0) is 5.70. The van der Waals surface area contributed by atoms with Gasteiger partial charge in [-0.2, -0.15) is 0 Å². The monoisotopic (exact) mass is 101 g/mol. The van der Waals surface area contributed by atoms with E-state index in [2.05, 4.69) is 11.7 Å². The first-order valence-electron chi connectivity index (χ1n) is 2.11. The van der Waals surface area contributed by atoms with Gasteiger partial charge in [0.05, 0.1) is 6.20 Å². The van der Waals surface area contributed by atoms with Crippen LogP contribution in [0.3, 0.4) is 0 Å². The van der Waals surface area contributed by atoms with Crippen LogP contribution in [0.25, 0.3) is 0 Å². The highest BCUT2D eigenvalue weighted by Gasteiger charge is 1.81. The molecule has 0 aliphatic carbocycles. The lowest BCUT2D eigenvalue weighted by atomic mass is 10.4. The molecule has 0 N–H and O–H groups in total. The standard InChI is InChI=1S/C5H8FN/c1-3-5(6)4-7-2/h4H,2-3H2,1H3. The molecule has 0 heterocycles. The third-order valence-electron chi connectivity index (χ3n) is 0.569. The molecule has 0 radical (unpaired) electrons. The van der Waals surface area contributed by atoms with Crippen molar-refractivity contribution in [3.8, 4) is 0 Å². The minimum absolute atomic E-state index is 0.227. The van der Waals surface area contributed by atoms with Crippen LogP contribution in [0, 0.1) is 0 Å². The molecule has 0 aliphatic heterocycles. The van der Waals surface area contributed by atoms with E-state index in [9.17, 15) is 4.39 Å². The van der Waals surface area contributed by atoms with Crippen molar-refractivity contribution < 1.29 is 4.39 Å². The average molecular weight is 101 g/mol. The van der Waals surface area contributed by atoms with E-state index >= 15 is 0 Å². The number of hydrogen-bond donors (Lipinski definition) is 0. The summed E-state index contributed by atoms with van der Waals surface area (Å²) in [5.74, 6) is -0.227. The van der Waals surface area contributed by atoms with Gasteiger partial charge in [0, 0.05) is 0 Å². The molecule has 40 valence electrons. The molecule has 0 bridgehead atoms. The van der Waals surface area contributed by atoms with Gasteiger partial charge in [-0.15, -0.1) is 0 Å². The van der Waals surface area contributed by atoms with Crippen molar-refractivity contribution in [2.45, 2.75) is 13.3 Å². The van der Waals surface area contributed by atoms with Crippen LogP contribution >= 0.6 is 0 Å². The lowest BCUT2D eigenvalue weighted by Gasteiger charge is -1.80. The van der Waals surface area contributed by atoms with E-state index in [4.69, 9.17) is 0 Å². The van der Waals surface area contributed by atoms with Crippen molar-refractivity contribution >= 4 is 6.72 Å². The van der Waals surface area contributed by atoms with Gasteiger partial charge in [-0.25, -0.2) is 4.39 Å². The Balaban J connectivity index is 3.49. The van der Waals surface area contributed by atoms with Gasteiger partial charge in [-0.05, 0) is 13.1 Å². The first-order chi connectivity index (χ1) is 3.31. The predicted octanol–water partition coefficient (Wildman–Crippen LogP) is 1.91. The third-order valence-corrected chi connectivity index (χ3v) is 0.569. The second kappa shape index (κ2) is 3.53. The second-order valence-corrected chi connectivity index (χ2v) is 1.11. The maximum Gasteiger partial charge on any atom is 0.118 e. The van der Waals surface area contributed by atoms with Crippen LogP contribution in [-0.2, 0) is 0 Å². The number of halogens is 1. The Hall–Kier alpha value is -0.660. The summed E-state index contributed by atoms with van der Waals surface area (Å²) in [6.07, 6.45) is 1.51. The van der Waals surface area contributed by atoms with Gasteiger partial charge in [-0.3, -0.25) is 4.99 Å². The minimum Gasteiger partial charge on any atom is -0.270 e. The topological polar surface area (TPSA) is 12.4 Å². The van der Waals surface area contributed by atoms with Crippen LogP contribution in [0.1, 0.15) is 13.3 Å². The van der Waals surface area contributed by atoms with Crippen LogP contribution in [0.2, 0.25) is 0 Å². The van der Waals surface area contributed by atoms with Crippen molar-refractivity contribution in [1.29, 1.82) is 0 Å². The van der Waals surface area contributed by atoms with E-state index in [1.165, 1.54) is 0 Å². The van der Waals surface area contributed by atoms with Crippen LogP contribution in [-0.4, -0.2) is 6.72 Å². The molecular formula is C5H8FN. The van der Waals surface area contributed by atoms with E-state index in [1.54, 1.807) is 6.92 Å². The van der Waals surface area contributed by atoms with E-state index in [0.717, 1.165) is 6.20 Å². The van der Waals surface area contributed by atoms with Gasteiger partial charge in [0.25, 0.3) is 0 Å². The Labute approximate surface area is 42.6 Å². The first kappa shape index (κ1) is 6.34. The van der Waals surface area contributed by atoms with E-state index in [-0.39, 0.29) is 5.83 Å². The number of rotatable bonds is 2. The molecule has 0 unspecified atom stereocenters. The Morgan fingerprint density at radius 3 is 2.71 bits per heavy atom. The van der Waals surface area contributed by atoms with Crippen molar-refractivity contribution in [2.75, 3.05) is 0 Å². The normalized spacial score (nSPS) is 11.4. The summed E-state index contributed by atoms with van der Waals surface area (Å²) in [4.78, 5) is 3.22. The Kier molecular flexibility index (Phi) is 3.19. The first-order valence-corrected chi connectivity index (χ1v) is 2.11. The number of allylic oxidation sites excluding steroid dienone is 1. The summed E-state index contributed by atoms with van der Waals surface area (Å²) in [5.41, 5.74) is 0. The molecule has 0 rings (SSSR count). The molecule has 0 amide bonds. The molecule has 2 heteroatoms. The van der Waals surface area contributed by atoms with E-state index in [0.29, 0.717) is 6.42 Å². The molecular weight excluding hydrogens is 93.1 g/mol. The van der Waals surface area contributed by atoms with Crippen molar-refractivity contribution in [3.05, 3.63) is 12.0 Å². The molecule has 0 fully saturated rings. The number of hydrogen-bond acceptors (Lipinski definition) is 1. The summed E-state index contributed by atoms with van der Waals surface area (Å²) in [6.45, 7) is 4.80. The van der Waals surface area contributed by atoms with Gasteiger partial charge in [0.1, 0.15) is 5.83 Å². The van der Waals surface area contributed by atoms with Crippen molar-refractivity contribution in [1.82, 2.24) is 0 Å². The van der Waals surface area contributed by atoms with E-state index in [1.807, 2.05) is 0 Å². The number of aliphatic imine (C=N–C) groups is 1. The zero-order valence-corrected chi connectivity index (χ0v) is 4.32. The molecule has 0 aliphatic rings. The molecule has 0 atom stereocenters. The summed E-state index contributed by atoms with van der Waals surface area (Å²) < 4.78 is 11.9. The molecule has 0 spiro atoms. The van der Waals surface area contributed by atoms with Crippen molar-refractivity contribution in [3.63, 3.8) is 0 Å². The SMILES string of the molecule is C=NC=C(F)CC. The molecule has 0 saturated heterocycles. The van der Waals surface area contributed by atoms with Gasteiger partial charge in [-0.1, -0.05) is 6.92 Å². The molecule has 0 aromatic carbocycles. The lowest BCUT2D eigenvalue weighted by Crippen LogP contribution is -1.62. The van der Waals surface area contributed by atoms with E-state index < -0.39 is 0 Å². The molecule has 7 heavy (non-hydrogen) atoms. The quantitative estimate of drug-likeness (QED) is 0.471. The van der Waals surface area contributed by atoms with Crippen molar-refractivity contribution in [2.24, 2.45) is 4.99 Å². The minimum atomic E-state index is -0.227. The van der Waals surface area contributed by atoms with Gasteiger partial charge < -0.3 is 0 Å². The Morgan fingerprint density at radius 2 is 2.57 bits per heavy atom. The largest absolute Gasteiger partial charge is 0.270 e. The average Bonchev–Trinajstić information content (AvgIpc) is 1.68. The number of nitrogens with zero attached hydrogens (tertiary/aromatic N) is 1. The Morgan fingerprint density at radius 1 is 2.00 bits per heavy atom. The molecule has 1 nitrogen and oxygen atoms in total. The summed E-state index contributed by atoms with van der Waals surface area (Å²) >= 11 is 0. The van der Waals surface area contributed by atoms with Gasteiger partial charge in [0.2, 0.25) is 0 Å². The summed E-state index contributed by atoms with van der Waals surface area (Å²) in [7, 11) is 0. The Bertz CT molecular complexity index is 86.1. The zero-order valence-electron chi connectivity index (χ0n) is 4.32. The van der Waals surface area contributed by atoms with Crippen LogP contribution in [0.15, 0.2) is 17.0 Å². The van der Waals surface area contributed by atoms with Gasteiger partial charge >= 0.3 is 0 Å². The molecule has 0 saturated carbocycles. The van der Waals surface area contributed by atoms with Gasteiger partial charge in [0.15, 0.2) is 0 Å². The smallest absolute Gasteiger partial charge is 0.118 e. The fourth-order valence-corrected chi connectivity index (χ4v) is 0.190. The molecule has 0 aromatic rings. The van der Waals surface area contributed by atoms with Crippen LogP contribution in [0.5, 0.6) is 0 Å². The van der Waals surface area contributed by atoms with Crippen LogP contribution < -0.4 is 0 Å². The lowest BCUT2D eigenvalue weighted by molar-refractivity contribution is 0.601. The third kappa shape index (κ3) is 3.16. The fraction of sp³-hybridized carbons (Fsp3) is 0.400. The summed E-state index contributed by atoms with van der Waals surface area (Å²) in [6, 6.07) is 0. The highest BCUT2D eigenvalue weighted by atomic mass is 19.1. The fourth-order valence-electron chi connectivity index (χ4n) is 0.190. The highest BCUT2D eigenvalue weighted by molar-refractivity contribution is 5.25. The maximum atomic E-state index is 11.9. The predicted molar refractivity (Wildman–Crippen MR) is 29.0 cm³/mol. The van der Waals surface area contributed by atoms with Crippen LogP contribution in [0.4, 0.5) is 4.39 Å². The molecule has 0 aromatic heterocycles. The second-order valence-electron chi connectivity index (χ2n) is 1.11. The summed E-state index contributed by atoms with van der Waals surface area (Å²) in [5, 5.41) is 0. The highest BCUT2D eigenvalue weighted by Crippen LogP contribution is 1.99.